The molecular formula is C15H19N3O2. The fourth-order valence-electron chi connectivity index (χ4n) is 2.22. The van der Waals surface area contributed by atoms with Crippen molar-refractivity contribution in [3.8, 4) is 0 Å². The Balaban J connectivity index is 2.24. The van der Waals surface area contributed by atoms with Gasteiger partial charge in [0.25, 0.3) is 0 Å². The minimum atomic E-state index is -1.15. The summed E-state index contributed by atoms with van der Waals surface area (Å²) in [5.74, 6) is 0.465. The Hall–Kier alpha value is -2.14. The Bertz CT molecular complexity index is 580. The van der Waals surface area contributed by atoms with E-state index in [1.807, 2.05) is 48.0 Å². The van der Waals surface area contributed by atoms with Crippen molar-refractivity contribution in [3.63, 3.8) is 0 Å². The van der Waals surface area contributed by atoms with Gasteiger partial charge in [0.2, 0.25) is 0 Å². The summed E-state index contributed by atoms with van der Waals surface area (Å²) in [7, 11) is 1.36. The van der Waals surface area contributed by atoms with Crippen molar-refractivity contribution >= 4 is 5.97 Å². The van der Waals surface area contributed by atoms with Crippen LogP contribution in [0, 0.1) is 6.92 Å². The van der Waals surface area contributed by atoms with E-state index in [1.54, 1.807) is 6.20 Å². The molecule has 1 unspecified atom stereocenters. The highest BCUT2D eigenvalue weighted by molar-refractivity contribution is 5.82. The number of methoxy groups -OCH3 is 1. The van der Waals surface area contributed by atoms with Gasteiger partial charge >= 0.3 is 5.97 Å². The monoisotopic (exact) mass is 273 g/mol. The topological polar surface area (TPSA) is 70.1 Å². The molecule has 5 heteroatoms. The molecule has 0 bridgehead atoms. The molecule has 0 amide bonds. The molecule has 0 fully saturated rings. The standard InChI is InChI=1S/C15H19N3O2/c1-12-17-9-11-18(12)10-8-15(16,14(19)20-2)13-6-4-3-5-7-13/h3-7,9,11H,8,10,16H2,1-2H3. The van der Waals surface area contributed by atoms with Gasteiger partial charge in [-0.2, -0.15) is 0 Å². The summed E-state index contributed by atoms with van der Waals surface area (Å²) >= 11 is 0. The molecular weight excluding hydrogens is 254 g/mol. The number of aromatic nitrogens is 2. The molecule has 1 heterocycles. The number of esters is 1. The second kappa shape index (κ2) is 5.88. The van der Waals surface area contributed by atoms with E-state index in [-0.39, 0.29) is 0 Å². The summed E-state index contributed by atoms with van der Waals surface area (Å²) in [5.41, 5.74) is 5.94. The average Bonchev–Trinajstić information content (AvgIpc) is 2.90. The quantitative estimate of drug-likeness (QED) is 0.840. The van der Waals surface area contributed by atoms with Gasteiger partial charge in [-0.15, -0.1) is 0 Å². The van der Waals surface area contributed by atoms with Crippen LogP contribution in [-0.2, 0) is 21.6 Å². The van der Waals surface area contributed by atoms with Gasteiger partial charge in [0.15, 0.2) is 0 Å². The van der Waals surface area contributed by atoms with Crippen LogP contribution in [-0.4, -0.2) is 22.6 Å². The number of hydrogen-bond acceptors (Lipinski definition) is 4. The molecule has 0 aliphatic carbocycles. The molecule has 20 heavy (non-hydrogen) atoms. The van der Waals surface area contributed by atoms with Crippen molar-refractivity contribution in [3.05, 3.63) is 54.1 Å². The van der Waals surface area contributed by atoms with E-state index in [4.69, 9.17) is 10.5 Å². The lowest BCUT2D eigenvalue weighted by molar-refractivity contribution is -0.148. The highest BCUT2D eigenvalue weighted by Gasteiger charge is 2.36. The van der Waals surface area contributed by atoms with E-state index in [9.17, 15) is 4.79 Å². The lowest BCUT2D eigenvalue weighted by Gasteiger charge is -2.27. The smallest absolute Gasteiger partial charge is 0.330 e. The lowest BCUT2D eigenvalue weighted by Crippen LogP contribution is -2.46. The molecule has 0 spiro atoms. The van der Waals surface area contributed by atoms with E-state index in [2.05, 4.69) is 4.98 Å². The van der Waals surface area contributed by atoms with Crippen LogP contribution in [0.15, 0.2) is 42.7 Å². The van der Waals surface area contributed by atoms with Crippen LogP contribution in [0.1, 0.15) is 17.8 Å². The second-order valence-electron chi connectivity index (χ2n) is 4.75. The molecule has 0 saturated heterocycles. The zero-order valence-corrected chi connectivity index (χ0v) is 11.7. The van der Waals surface area contributed by atoms with Crippen LogP contribution >= 0.6 is 0 Å². The Morgan fingerprint density at radius 2 is 2.10 bits per heavy atom. The molecule has 106 valence electrons. The SMILES string of the molecule is COC(=O)C(N)(CCn1ccnc1C)c1ccccc1. The number of carbonyl (C=O) groups is 1. The lowest BCUT2D eigenvalue weighted by atomic mass is 9.87. The van der Waals surface area contributed by atoms with E-state index in [1.165, 1.54) is 7.11 Å². The van der Waals surface area contributed by atoms with Gasteiger partial charge < -0.3 is 15.0 Å². The van der Waals surface area contributed by atoms with Crippen molar-refractivity contribution in [2.75, 3.05) is 7.11 Å². The molecule has 1 aromatic heterocycles. The zero-order valence-electron chi connectivity index (χ0n) is 11.7. The van der Waals surface area contributed by atoms with Gasteiger partial charge in [-0.05, 0) is 18.9 Å². The Kier molecular flexibility index (Phi) is 4.20. The average molecular weight is 273 g/mol. The number of benzene rings is 1. The molecule has 0 aliphatic heterocycles. The minimum Gasteiger partial charge on any atom is -0.467 e. The van der Waals surface area contributed by atoms with Crippen molar-refractivity contribution in [2.45, 2.75) is 25.4 Å². The van der Waals surface area contributed by atoms with E-state index >= 15 is 0 Å². The Labute approximate surface area is 118 Å². The molecule has 2 N–H and O–H groups in total. The number of carbonyl (C=O) groups excluding carboxylic acids is 1. The predicted octanol–water partition coefficient (Wildman–Crippen LogP) is 1.61. The first-order valence-corrected chi connectivity index (χ1v) is 6.48. The van der Waals surface area contributed by atoms with E-state index in [0.717, 1.165) is 11.4 Å². The van der Waals surface area contributed by atoms with Gasteiger partial charge in [-0.1, -0.05) is 30.3 Å². The van der Waals surface area contributed by atoms with Crippen LogP contribution in [0.5, 0.6) is 0 Å². The van der Waals surface area contributed by atoms with Gasteiger partial charge in [-0.3, -0.25) is 0 Å². The summed E-state index contributed by atoms with van der Waals surface area (Å²) in [6.45, 7) is 2.52. The first-order chi connectivity index (χ1) is 9.58. The number of hydrogen-bond donors (Lipinski definition) is 1. The first kappa shape index (κ1) is 14.3. The maximum Gasteiger partial charge on any atom is 0.330 e. The van der Waals surface area contributed by atoms with Crippen LogP contribution in [0.25, 0.3) is 0 Å². The summed E-state index contributed by atoms with van der Waals surface area (Å²) < 4.78 is 6.85. The highest BCUT2D eigenvalue weighted by Crippen LogP contribution is 2.24. The Morgan fingerprint density at radius 3 is 2.65 bits per heavy atom. The van der Waals surface area contributed by atoms with Crippen molar-refractivity contribution in [1.82, 2.24) is 9.55 Å². The van der Waals surface area contributed by atoms with Crippen molar-refractivity contribution < 1.29 is 9.53 Å². The maximum atomic E-state index is 12.1. The van der Waals surface area contributed by atoms with Crippen LogP contribution in [0.2, 0.25) is 0 Å². The van der Waals surface area contributed by atoms with Crippen LogP contribution < -0.4 is 5.73 Å². The molecule has 2 aromatic rings. The molecule has 5 nitrogen and oxygen atoms in total. The van der Waals surface area contributed by atoms with E-state index < -0.39 is 11.5 Å². The normalized spacial score (nSPS) is 13.8. The summed E-state index contributed by atoms with van der Waals surface area (Å²) in [6, 6.07) is 9.31. The number of nitrogens with zero attached hydrogens (tertiary/aromatic N) is 2. The molecule has 0 radical (unpaired) electrons. The predicted molar refractivity (Wildman–Crippen MR) is 75.9 cm³/mol. The summed E-state index contributed by atoms with van der Waals surface area (Å²) in [5, 5.41) is 0. The Morgan fingerprint density at radius 1 is 1.40 bits per heavy atom. The molecule has 1 aromatic carbocycles. The number of aryl methyl sites for hydroxylation is 2. The van der Waals surface area contributed by atoms with Crippen molar-refractivity contribution in [1.29, 1.82) is 0 Å². The van der Waals surface area contributed by atoms with Crippen LogP contribution in [0.4, 0.5) is 0 Å². The summed E-state index contributed by atoms with van der Waals surface area (Å²) in [4.78, 5) is 16.3. The second-order valence-corrected chi connectivity index (χ2v) is 4.75. The van der Waals surface area contributed by atoms with E-state index in [0.29, 0.717) is 13.0 Å². The number of imidazole rings is 1. The third-order valence-corrected chi connectivity index (χ3v) is 3.51. The van der Waals surface area contributed by atoms with Crippen molar-refractivity contribution in [2.24, 2.45) is 5.73 Å². The van der Waals surface area contributed by atoms with Gasteiger partial charge in [-0.25, -0.2) is 9.78 Å². The van der Waals surface area contributed by atoms with Gasteiger partial charge in [0, 0.05) is 18.9 Å². The highest BCUT2D eigenvalue weighted by atomic mass is 16.5. The molecule has 0 saturated carbocycles. The van der Waals surface area contributed by atoms with Gasteiger partial charge in [0.1, 0.15) is 11.4 Å². The molecule has 2 rings (SSSR count). The molecule has 0 aliphatic rings. The number of nitrogens with two attached hydrogens (primary N) is 1. The third kappa shape index (κ3) is 2.72. The maximum absolute atomic E-state index is 12.1. The number of rotatable bonds is 5. The fraction of sp³-hybridized carbons (Fsp3) is 0.333. The minimum absolute atomic E-state index is 0.429. The molecule has 1 atom stereocenters. The number of ether oxygens (including phenoxy) is 1. The summed E-state index contributed by atoms with van der Waals surface area (Å²) in [6.07, 6.45) is 4.05. The van der Waals surface area contributed by atoms with Crippen LogP contribution in [0.3, 0.4) is 0 Å². The third-order valence-electron chi connectivity index (χ3n) is 3.51. The fourth-order valence-corrected chi connectivity index (χ4v) is 2.22. The van der Waals surface area contributed by atoms with Gasteiger partial charge in [0.05, 0.1) is 7.11 Å². The first-order valence-electron chi connectivity index (χ1n) is 6.48. The largest absolute Gasteiger partial charge is 0.467 e. The zero-order chi connectivity index (χ0) is 14.6.